The maximum absolute atomic E-state index is 12.2. The molecule has 1 rings (SSSR count). The van der Waals surface area contributed by atoms with Crippen molar-refractivity contribution in [3.05, 3.63) is 32.4 Å². The van der Waals surface area contributed by atoms with Gasteiger partial charge >= 0.3 is 0 Å². The van der Waals surface area contributed by atoms with Crippen molar-refractivity contribution in [3.63, 3.8) is 0 Å². The average Bonchev–Trinajstić information content (AvgIpc) is 2.28. The number of carbonyl (C=O) groups is 1. The van der Waals surface area contributed by atoms with Crippen LogP contribution in [0.15, 0.2) is 18.2 Å². The van der Waals surface area contributed by atoms with Crippen LogP contribution in [-0.4, -0.2) is 29.2 Å². The maximum Gasteiger partial charge on any atom is 0.254 e. The Morgan fingerprint density at radius 1 is 1.56 bits per heavy atom. The van der Waals surface area contributed by atoms with Crippen molar-refractivity contribution in [2.75, 3.05) is 18.4 Å². The molecule has 1 amide bonds. The number of benzene rings is 1. The van der Waals surface area contributed by atoms with Gasteiger partial charge in [0.15, 0.2) is 0 Å². The fourth-order valence-electron chi connectivity index (χ4n) is 1.34. The molecule has 0 atom stereocenters. The normalized spacial score (nSPS) is 10.2. The van der Waals surface area contributed by atoms with Gasteiger partial charge < -0.3 is 4.90 Å². The van der Waals surface area contributed by atoms with E-state index < -0.39 is 0 Å². The Morgan fingerprint density at radius 3 is 2.81 bits per heavy atom. The lowest BCUT2D eigenvalue weighted by molar-refractivity contribution is 0.0774. The van der Waals surface area contributed by atoms with Crippen molar-refractivity contribution in [2.45, 2.75) is 6.92 Å². The Morgan fingerprint density at radius 2 is 2.25 bits per heavy atom. The van der Waals surface area contributed by atoms with Gasteiger partial charge in [-0.25, -0.2) is 0 Å². The zero-order valence-corrected chi connectivity index (χ0v) is 13.3. The van der Waals surface area contributed by atoms with Crippen molar-refractivity contribution in [1.29, 1.82) is 0 Å². The van der Waals surface area contributed by atoms with Crippen LogP contribution in [0.2, 0.25) is 5.02 Å². The van der Waals surface area contributed by atoms with Gasteiger partial charge in [0.05, 0.1) is 5.56 Å². The number of alkyl halides is 1. The Labute approximate surface area is 123 Å². The SMILES string of the molecule is CCN(CCBr)C(=O)c1cc(Cl)ccc1I. The largest absolute Gasteiger partial charge is 0.338 e. The van der Waals surface area contributed by atoms with Crippen LogP contribution in [0.5, 0.6) is 0 Å². The van der Waals surface area contributed by atoms with Crippen molar-refractivity contribution in [1.82, 2.24) is 4.90 Å². The van der Waals surface area contributed by atoms with Crippen LogP contribution in [0.1, 0.15) is 17.3 Å². The summed E-state index contributed by atoms with van der Waals surface area (Å²) in [4.78, 5) is 14.0. The molecule has 0 aliphatic heterocycles. The monoisotopic (exact) mass is 415 g/mol. The summed E-state index contributed by atoms with van der Waals surface area (Å²) in [6.07, 6.45) is 0. The molecule has 0 aliphatic carbocycles. The summed E-state index contributed by atoms with van der Waals surface area (Å²) in [5, 5.41) is 1.38. The molecular formula is C11H12BrClINO. The Hall–Kier alpha value is 0.190. The van der Waals surface area contributed by atoms with E-state index >= 15 is 0 Å². The van der Waals surface area contributed by atoms with Gasteiger partial charge in [0.25, 0.3) is 5.91 Å². The van der Waals surface area contributed by atoms with Gasteiger partial charge in [-0.2, -0.15) is 0 Å². The van der Waals surface area contributed by atoms with E-state index in [0.717, 1.165) is 8.90 Å². The van der Waals surface area contributed by atoms with Crippen molar-refractivity contribution >= 4 is 56.0 Å². The highest BCUT2D eigenvalue weighted by Gasteiger charge is 2.16. The topological polar surface area (TPSA) is 20.3 Å². The van der Waals surface area contributed by atoms with Gasteiger partial charge in [-0.15, -0.1) is 0 Å². The second kappa shape index (κ2) is 6.81. The molecule has 0 fully saturated rings. The van der Waals surface area contributed by atoms with Crippen LogP contribution in [0.4, 0.5) is 0 Å². The summed E-state index contributed by atoms with van der Waals surface area (Å²) in [7, 11) is 0. The van der Waals surface area contributed by atoms with Crippen LogP contribution in [0.25, 0.3) is 0 Å². The summed E-state index contributed by atoms with van der Waals surface area (Å²) in [5.41, 5.74) is 0.677. The van der Waals surface area contributed by atoms with Gasteiger partial charge in [0.2, 0.25) is 0 Å². The van der Waals surface area contributed by atoms with Crippen LogP contribution < -0.4 is 0 Å². The van der Waals surface area contributed by atoms with Crippen LogP contribution in [0, 0.1) is 3.57 Å². The minimum absolute atomic E-state index is 0.0360. The Bertz CT molecular complexity index is 386. The van der Waals surface area contributed by atoms with Crippen LogP contribution in [-0.2, 0) is 0 Å². The molecule has 0 unspecified atom stereocenters. The zero-order chi connectivity index (χ0) is 12.1. The molecule has 2 nitrogen and oxygen atoms in total. The van der Waals surface area contributed by atoms with E-state index in [9.17, 15) is 4.79 Å². The first-order chi connectivity index (χ1) is 7.60. The summed E-state index contributed by atoms with van der Waals surface area (Å²) in [5.74, 6) is 0.0360. The molecule has 88 valence electrons. The number of rotatable bonds is 4. The molecule has 0 aliphatic rings. The average molecular weight is 416 g/mol. The van der Waals surface area contributed by atoms with Gasteiger partial charge in [0, 0.05) is 27.0 Å². The molecule has 0 N–H and O–H groups in total. The summed E-state index contributed by atoms with van der Waals surface area (Å²) in [6, 6.07) is 5.38. The molecule has 0 saturated heterocycles. The number of hydrogen-bond donors (Lipinski definition) is 0. The summed E-state index contributed by atoms with van der Waals surface area (Å²) < 4.78 is 0.931. The molecule has 0 radical (unpaired) electrons. The molecule has 0 bridgehead atoms. The predicted molar refractivity (Wildman–Crippen MR) is 79.5 cm³/mol. The maximum atomic E-state index is 12.2. The van der Waals surface area contributed by atoms with E-state index in [4.69, 9.17) is 11.6 Å². The van der Waals surface area contributed by atoms with Gasteiger partial charge in [-0.1, -0.05) is 27.5 Å². The highest BCUT2D eigenvalue weighted by Crippen LogP contribution is 2.19. The van der Waals surface area contributed by atoms with Crippen molar-refractivity contribution in [2.24, 2.45) is 0 Å². The third-order valence-electron chi connectivity index (χ3n) is 2.18. The first-order valence-electron chi connectivity index (χ1n) is 4.90. The molecule has 1 aromatic rings. The van der Waals surface area contributed by atoms with E-state index in [1.165, 1.54) is 0 Å². The van der Waals surface area contributed by atoms with Gasteiger partial charge in [-0.05, 0) is 47.7 Å². The van der Waals surface area contributed by atoms with Crippen molar-refractivity contribution < 1.29 is 4.79 Å². The Balaban J connectivity index is 2.98. The molecule has 0 aromatic heterocycles. The summed E-state index contributed by atoms with van der Waals surface area (Å²) >= 11 is 11.4. The lowest BCUT2D eigenvalue weighted by atomic mass is 10.2. The Kier molecular flexibility index (Phi) is 6.07. The highest BCUT2D eigenvalue weighted by atomic mass is 127. The molecule has 1 aromatic carbocycles. The molecular weight excluding hydrogens is 404 g/mol. The fraction of sp³-hybridized carbons (Fsp3) is 0.364. The minimum atomic E-state index is 0.0360. The molecule has 5 heteroatoms. The lowest BCUT2D eigenvalue weighted by Gasteiger charge is -2.20. The third kappa shape index (κ3) is 3.60. The molecule has 0 heterocycles. The van der Waals surface area contributed by atoms with Gasteiger partial charge in [0.1, 0.15) is 0 Å². The standard InChI is InChI=1S/C11H12BrClINO/c1-2-15(6-5-12)11(16)9-7-8(13)3-4-10(9)14/h3-4,7H,2,5-6H2,1H3. The van der Waals surface area contributed by atoms with E-state index in [1.807, 2.05) is 13.0 Å². The van der Waals surface area contributed by atoms with Crippen molar-refractivity contribution in [3.8, 4) is 0 Å². The predicted octanol–water partition coefficient (Wildman–Crippen LogP) is 3.80. The summed E-state index contributed by atoms with van der Waals surface area (Å²) in [6.45, 7) is 3.38. The smallest absolute Gasteiger partial charge is 0.254 e. The first kappa shape index (κ1) is 14.3. The minimum Gasteiger partial charge on any atom is -0.338 e. The second-order valence-electron chi connectivity index (χ2n) is 3.20. The van der Waals surface area contributed by atoms with Crippen LogP contribution in [0.3, 0.4) is 0 Å². The number of carbonyl (C=O) groups excluding carboxylic acids is 1. The number of halogens is 3. The molecule has 0 spiro atoms. The van der Waals surface area contributed by atoms with Gasteiger partial charge in [-0.3, -0.25) is 4.79 Å². The fourth-order valence-corrected chi connectivity index (χ4v) is 2.50. The van der Waals surface area contributed by atoms with Crippen LogP contribution >= 0.6 is 50.1 Å². The second-order valence-corrected chi connectivity index (χ2v) is 5.59. The molecule has 16 heavy (non-hydrogen) atoms. The molecule has 0 saturated carbocycles. The highest BCUT2D eigenvalue weighted by molar-refractivity contribution is 14.1. The first-order valence-corrected chi connectivity index (χ1v) is 7.48. The van der Waals surface area contributed by atoms with E-state index in [0.29, 0.717) is 23.7 Å². The van der Waals surface area contributed by atoms with E-state index in [1.54, 1.807) is 17.0 Å². The van der Waals surface area contributed by atoms with E-state index in [2.05, 4.69) is 38.5 Å². The quantitative estimate of drug-likeness (QED) is 0.540. The lowest BCUT2D eigenvalue weighted by Crippen LogP contribution is -2.32. The number of hydrogen-bond acceptors (Lipinski definition) is 1. The third-order valence-corrected chi connectivity index (χ3v) is 3.71. The van der Waals surface area contributed by atoms with E-state index in [-0.39, 0.29) is 5.91 Å². The zero-order valence-electron chi connectivity index (χ0n) is 8.84. The number of amides is 1. The number of nitrogens with zero attached hydrogens (tertiary/aromatic N) is 1.